The number of hydrogen-bond donors (Lipinski definition) is 2. The molecule has 0 saturated heterocycles. The van der Waals surface area contributed by atoms with Gasteiger partial charge in [0.2, 0.25) is 0 Å². The van der Waals surface area contributed by atoms with Crippen molar-refractivity contribution in [2.75, 3.05) is 17.7 Å². The van der Waals surface area contributed by atoms with Gasteiger partial charge in [0.05, 0.1) is 5.69 Å². The predicted octanol–water partition coefficient (Wildman–Crippen LogP) is 4.57. The van der Waals surface area contributed by atoms with Gasteiger partial charge in [-0.2, -0.15) is 0 Å². The Morgan fingerprint density at radius 1 is 1.14 bits per heavy atom. The number of carbonyl (C=O) groups is 1. The van der Waals surface area contributed by atoms with E-state index in [1.54, 1.807) is 24.3 Å². The van der Waals surface area contributed by atoms with Gasteiger partial charge in [-0.3, -0.25) is 4.79 Å². The van der Waals surface area contributed by atoms with Crippen LogP contribution in [0.5, 0.6) is 5.75 Å². The molecular weight excluding hydrogens is 468 g/mol. The average molecular weight is 479 g/mol. The zero-order chi connectivity index (χ0) is 15.4. The Labute approximate surface area is 147 Å². The third-order valence-corrected chi connectivity index (χ3v) is 4.21. The number of carbonyl (C=O) groups excluding carboxylic acids is 1. The second kappa shape index (κ2) is 7.29. The molecule has 0 fully saturated rings. The SMILES string of the molecule is Nc1cccc(OCC(=O)Nc2c(Br)cc(Br)cc2Br)c1. The van der Waals surface area contributed by atoms with Crippen LogP contribution in [0.15, 0.2) is 49.8 Å². The lowest BCUT2D eigenvalue weighted by molar-refractivity contribution is -0.118. The van der Waals surface area contributed by atoms with Crippen LogP contribution in [0.2, 0.25) is 0 Å². The molecule has 0 aliphatic carbocycles. The van der Waals surface area contributed by atoms with Crippen LogP contribution in [0.1, 0.15) is 0 Å². The minimum absolute atomic E-state index is 0.0988. The summed E-state index contributed by atoms with van der Waals surface area (Å²) in [6.45, 7) is -0.0988. The lowest BCUT2D eigenvalue weighted by Gasteiger charge is -2.11. The molecular formula is C14H11Br3N2O2. The van der Waals surface area contributed by atoms with Gasteiger partial charge in [-0.05, 0) is 56.1 Å². The number of hydrogen-bond acceptors (Lipinski definition) is 3. The van der Waals surface area contributed by atoms with E-state index in [0.29, 0.717) is 17.1 Å². The van der Waals surface area contributed by atoms with Gasteiger partial charge < -0.3 is 15.8 Å². The molecule has 0 bridgehead atoms. The minimum atomic E-state index is -0.263. The van der Waals surface area contributed by atoms with Crippen molar-refractivity contribution in [1.82, 2.24) is 0 Å². The molecule has 1 amide bonds. The van der Waals surface area contributed by atoms with Crippen molar-refractivity contribution in [1.29, 1.82) is 0 Å². The van der Waals surface area contributed by atoms with Crippen molar-refractivity contribution in [2.45, 2.75) is 0 Å². The van der Waals surface area contributed by atoms with Gasteiger partial charge in [0.15, 0.2) is 6.61 Å². The molecule has 0 unspecified atom stereocenters. The van der Waals surface area contributed by atoms with E-state index < -0.39 is 0 Å². The summed E-state index contributed by atoms with van der Waals surface area (Å²) in [5.41, 5.74) is 6.89. The van der Waals surface area contributed by atoms with E-state index in [2.05, 4.69) is 53.1 Å². The van der Waals surface area contributed by atoms with Gasteiger partial charge in [0.25, 0.3) is 5.91 Å². The van der Waals surface area contributed by atoms with Crippen molar-refractivity contribution in [3.8, 4) is 5.75 Å². The first-order valence-corrected chi connectivity index (χ1v) is 8.26. The molecule has 0 saturated carbocycles. The summed E-state index contributed by atoms with van der Waals surface area (Å²) in [7, 11) is 0. The summed E-state index contributed by atoms with van der Waals surface area (Å²) in [6.07, 6.45) is 0. The van der Waals surface area contributed by atoms with E-state index in [4.69, 9.17) is 10.5 Å². The number of nitrogens with two attached hydrogens (primary N) is 1. The molecule has 21 heavy (non-hydrogen) atoms. The summed E-state index contributed by atoms with van der Waals surface area (Å²) < 4.78 is 7.82. The highest BCUT2D eigenvalue weighted by Crippen LogP contribution is 2.34. The Bertz CT molecular complexity index is 654. The summed E-state index contributed by atoms with van der Waals surface area (Å²) >= 11 is 10.2. The maximum absolute atomic E-state index is 11.9. The monoisotopic (exact) mass is 476 g/mol. The van der Waals surface area contributed by atoms with E-state index in [1.807, 2.05) is 12.1 Å². The molecule has 110 valence electrons. The zero-order valence-corrected chi connectivity index (χ0v) is 15.5. The second-order valence-electron chi connectivity index (χ2n) is 4.15. The highest BCUT2D eigenvalue weighted by molar-refractivity contribution is 9.11. The lowest BCUT2D eigenvalue weighted by atomic mass is 10.3. The summed E-state index contributed by atoms with van der Waals surface area (Å²) in [4.78, 5) is 11.9. The van der Waals surface area contributed by atoms with Crippen molar-refractivity contribution in [3.63, 3.8) is 0 Å². The van der Waals surface area contributed by atoms with Gasteiger partial charge in [-0.1, -0.05) is 22.0 Å². The Morgan fingerprint density at radius 2 is 1.81 bits per heavy atom. The standard InChI is InChI=1S/C14H11Br3N2O2/c15-8-4-11(16)14(12(17)5-8)19-13(20)7-21-10-3-1-2-9(18)6-10/h1-6H,7,18H2,(H,19,20). The third kappa shape index (κ3) is 4.72. The summed E-state index contributed by atoms with van der Waals surface area (Å²) in [5.74, 6) is 0.292. The van der Waals surface area contributed by atoms with Crippen molar-refractivity contribution >= 4 is 65.1 Å². The topological polar surface area (TPSA) is 64.3 Å². The number of rotatable bonds is 4. The number of amides is 1. The van der Waals surface area contributed by atoms with Gasteiger partial charge in [0, 0.05) is 25.2 Å². The number of nitrogens with one attached hydrogen (secondary N) is 1. The number of ether oxygens (including phenoxy) is 1. The number of halogens is 3. The normalized spacial score (nSPS) is 10.2. The fourth-order valence-corrected chi connectivity index (χ4v) is 4.05. The quantitative estimate of drug-likeness (QED) is 0.632. The first-order valence-electron chi connectivity index (χ1n) is 5.88. The van der Waals surface area contributed by atoms with E-state index in [0.717, 1.165) is 13.4 Å². The van der Waals surface area contributed by atoms with E-state index in [-0.39, 0.29) is 12.5 Å². The van der Waals surface area contributed by atoms with Gasteiger partial charge in [-0.25, -0.2) is 0 Å². The molecule has 7 heteroatoms. The van der Waals surface area contributed by atoms with E-state index >= 15 is 0 Å². The Hall–Kier alpha value is -1.05. The molecule has 4 nitrogen and oxygen atoms in total. The van der Waals surface area contributed by atoms with Crippen LogP contribution in [0, 0.1) is 0 Å². The fourth-order valence-electron chi connectivity index (χ4n) is 1.59. The van der Waals surface area contributed by atoms with Crippen LogP contribution >= 0.6 is 47.8 Å². The molecule has 0 radical (unpaired) electrons. The molecule has 0 aliphatic rings. The van der Waals surface area contributed by atoms with Gasteiger partial charge in [0.1, 0.15) is 5.75 Å². The van der Waals surface area contributed by atoms with Crippen molar-refractivity contribution < 1.29 is 9.53 Å². The first-order chi connectivity index (χ1) is 9.95. The van der Waals surface area contributed by atoms with Crippen LogP contribution in [0.3, 0.4) is 0 Å². The van der Waals surface area contributed by atoms with Crippen LogP contribution < -0.4 is 15.8 Å². The Balaban J connectivity index is 1.99. The molecule has 3 N–H and O–H groups in total. The molecule has 2 aromatic rings. The molecule has 0 heterocycles. The van der Waals surface area contributed by atoms with Crippen molar-refractivity contribution in [2.24, 2.45) is 0 Å². The highest BCUT2D eigenvalue weighted by atomic mass is 79.9. The van der Waals surface area contributed by atoms with E-state index in [1.165, 1.54) is 0 Å². The largest absolute Gasteiger partial charge is 0.484 e. The molecule has 0 aliphatic heterocycles. The van der Waals surface area contributed by atoms with Crippen LogP contribution in [-0.2, 0) is 4.79 Å². The number of nitrogen functional groups attached to an aromatic ring is 1. The lowest BCUT2D eigenvalue weighted by Crippen LogP contribution is -2.20. The minimum Gasteiger partial charge on any atom is -0.484 e. The highest BCUT2D eigenvalue weighted by Gasteiger charge is 2.11. The van der Waals surface area contributed by atoms with Crippen LogP contribution in [-0.4, -0.2) is 12.5 Å². The van der Waals surface area contributed by atoms with Gasteiger partial charge >= 0.3 is 0 Å². The fraction of sp³-hybridized carbons (Fsp3) is 0.0714. The average Bonchev–Trinajstić information content (AvgIpc) is 2.40. The smallest absolute Gasteiger partial charge is 0.262 e. The predicted molar refractivity (Wildman–Crippen MR) is 94.5 cm³/mol. The molecule has 0 spiro atoms. The molecule has 0 atom stereocenters. The van der Waals surface area contributed by atoms with E-state index in [9.17, 15) is 4.79 Å². The number of anilines is 2. The summed E-state index contributed by atoms with van der Waals surface area (Å²) in [6, 6.07) is 10.6. The maximum Gasteiger partial charge on any atom is 0.262 e. The third-order valence-electron chi connectivity index (χ3n) is 2.50. The molecule has 2 rings (SSSR count). The first kappa shape index (κ1) is 16.3. The number of benzene rings is 2. The zero-order valence-electron chi connectivity index (χ0n) is 10.7. The van der Waals surface area contributed by atoms with Crippen LogP contribution in [0.4, 0.5) is 11.4 Å². The molecule has 2 aromatic carbocycles. The van der Waals surface area contributed by atoms with Crippen LogP contribution in [0.25, 0.3) is 0 Å². The second-order valence-corrected chi connectivity index (χ2v) is 6.78. The Kier molecular flexibility index (Phi) is 5.66. The molecule has 0 aromatic heterocycles. The summed E-state index contributed by atoms with van der Waals surface area (Å²) in [5, 5.41) is 2.78. The van der Waals surface area contributed by atoms with Crippen molar-refractivity contribution in [3.05, 3.63) is 49.8 Å². The maximum atomic E-state index is 11.9. The van der Waals surface area contributed by atoms with Gasteiger partial charge in [-0.15, -0.1) is 0 Å². The Morgan fingerprint density at radius 3 is 2.43 bits per heavy atom.